The van der Waals surface area contributed by atoms with Crippen molar-refractivity contribution in [2.75, 3.05) is 18.0 Å². The van der Waals surface area contributed by atoms with Gasteiger partial charge in [0.25, 0.3) is 5.91 Å². The number of benzene rings is 3. The number of thioether (sulfide) groups is 1. The minimum absolute atomic E-state index is 0.00354. The summed E-state index contributed by atoms with van der Waals surface area (Å²) in [5.41, 5.74) is 4.08. The van der Waals surface area contributed by atoms with Gasteiger partial charge in [0, 0.05) is 11.4 Å². The summed E-state index contributed by atoms with van der Waals surface area (Å²) in [4.78, 5) is 29.0. The molecule has 3 aromatic carbocycles. The number of rotatable bonds is 6. The molecule has 156 valence electrons. The zero-order valence-corrected chi connectivity index (χ0v) is 18.2. The van der Waals surface area contributed by atoms with Gasteiger partial charge < -0.3 is 5.32 Å². The van der Waals surface area contributed by atoms with Gasteiger partial charge in [-0.15, -0.1) is 0 Å². The SMILES string of the molecule is Cc1ccc(C=C2Sc3ccccc3N(CC(=O)NCCc3ccccc3)C2=O)cc1. The van der Waals surface area contributed by atoms with Crippen molar-refractivity contribution in [1.82, 2.24) is 5.32 Å². The summed E-state index contributed by atoms with van der Waals surface area (Å²) in [5.74, 6) is -0.317. The van der Waals surface area contributed by atoms with E-state index in [0.717, 1.165) is 22.6 Å². The first kappa shape index (κ1) is 20.9. The molecule has 4 nitrogen and oxygen atoms in total. The van der Waals surface area contributed by atoms with Crippen molar-refractivity contribution >= 4 is 35.3 Å². The van der Waals surface area contributed by atoms with E-state index in [1.54, 1.807) is 4.90 Å². The van der Waals surface area contributed by atoms with Crippen molar-refractivity contribution < 1.29 is 9.59 Å². The number of aryl methyl sites for hydroxylation is 1. The van der Waals surface area contributed by atoms with Crippen LogP contribution in [0, 0.1) is 6.92 Å². The summed E-state index contributed by atoms with van der Waals surface area (Å²) in [6, 6.07) is 25.8. The Morgan fingerprint density at radius 1 is 0.968 bits per heavy atom. The molecule has 0 bridgehead atoms. The highest BCUT2D eigenvalue weighted by Gasteiger charge is 2.30. The molecule has 3 aromatic rings. The van der Waals surface area contributed by atoms with E-state index in [1.165, 1.54) is 22.9 Å². The number of nitrogens with zero attached hydrogens (tertiary/aromatic N) is 1. The molecule has 0 atom stereocenters. The van der Waals surface area contributed by atoms with Crippen LogP contribution in [0.25, 0.3) is 6.08 Å². The average molecular weight is 429 g/mol. The van der Waals surface area contributed by atoms with E-state index in [0.29, 0.717) is 11.4 Å². The lowest BCUT2D eigenvalue weighted by Gasteiger charge is -2.29. The number of hydrogen-bond donors (Lipinski definition) is 1. The highest BCUT2D eigenvalue weighted by atomic mass is 32.2. The third kappa shape index (κ3) is 5.25. The van der Waals surface area contributed by atoms with Crippen LogP contribution in [0.15, 0.2) is 88.7 Å². The summed E-state index contributed by atoms with van der Waals surface area (Å²) in [7, 11) is 0. The Morgan fingerprint density at radius 2 is 1.68 bits per heavy atom. The van der Waals surface area contributed by atoms with Crippen LogP contribution < -0.4 is 10.2 Å². The third-order valence-electron chi connectivity index (χ3n) is 5.09. The van der Waals surface area contributed by atoms with E-state index in [2.05, 4.69) is 5.32 Å². The molecule has 4 rings (SSSR count). The first-order valence-corrected chi connectivity index (χ1v) is 11.1. The van der Waals surface area contributed by atoms with Gasteiger partial charge in [0.2, 0.25) is 5.91 Å². The molecule has 0 saturated carbocycles. The van der Waals surface area contributed by atoms with Crippen LogP contribution in [0.1, 0.15) is 16.7 Å². The first-order valence-electron chi connectivity index (χ1n) is 10.3. The normalized spacial score (nSPS) is 14.4. The number of anilines is 1. The van der Waals surface area contributed by atoms with E-state index in [9.17, 15) is 9.59 Å². The van der Waals surface area contributed by atoms with Crippen molar-refractivity contribution in [2.24, 2.45) is 0 Å². The van der Waals surface area contributed by atoms with E-state index in [1.807, 2.05) is 91.9 Å². The van der Waals surface area contributed by atoms with Gasteiger partial charge in [-0.3, -0.25) is 14.5 Å². The van der Waals surface area contributed by atoms with Gasteiger partial charge in [0.1, 0.15) is 6.54 Å². The lowest BCUT2D eigenvalue weighted by Crippen LogP contribution is -2.43. The Bertz CT molecular complexity index is 1110. The molecule has 0 fully saturated rings. The molecule has 1 N–H and O–H groups in total. The van der Waals surface area contributed by atoms with Gasteiger partial charge in [-0.05, 0) is 42.7 Å². The van der Waals surface area contributed by atoms with E-state index in [-0.39, 0.29) is 18.4 Å². The minimum Gasteiger partial charge on any atom is -0.354 e. The van der Waals surface area contributed by atoms with Crippen LogP contribution >= 0.6 is 11.8 Å². The lowest BCUT2D eigenvalue weighted by atomic mass is 10.1. The van der Waals surface area contributed by atoms with Crippen LogP contribution in [-0.4, -0.2) is 24.9 Å². The number of fused-ring (bicyclic) bond motifs is 1. The predicted molar refractivity (Wildman–Crippen MR) is 127 cm³/mol. The Balaban J connectivity index is 1.49. The molecule has 2 amide bonds. The van der Waals surface area contributed by atoms with Gasteiger partial charge in [-0.2, -0.15) is 0 Å². The highest BCUT2D eigenvalue weighted by molar-refractivity contribution is 8.04. The van der Waals surface area contributed by atoms with Crippen molar-refractivity contribution in [3.8, 4) is 0 Å². The number of amides is 2. The molecule has 1 aliphatic heterocycles. The van der Waals surface area contributed by atoms with Crippen LogP contribution in [0.4, 0.5) is 5.69 Å². The summed E-state index contributed by atoms with van der Waals surface area (Å²) in [6.45, 7) is 2.57. The maximum Gasteiger partial charge on any atom is 0.265 e. The van der Waals surface area contributed by atoms with Crippen molar-refractivity contribution in [3.63, 3.8) is 0 Å². The fraction of sp³-hybridized carbons (Fsp3) is 0.154. The number of carbonyl (C=O) groups excluding carboxylic acids is 2. The molecule has 0 saturated heterocycles. The quantitative estimate of drug-likeness (QED) is 0.572. The monoisotopic (exact) mass is 428 g/mol. The van der Waals surface area contributed by atoms with E-state index >= 15 is 0 Å². The van der Waals surface area contributed by atoms with Crippen LogP contribution in [-0.2, 0) is 16.0 Å². The largest absolute Gasteiger partial charge is 0.354 e. The summed E-state index contributed by atoms with van der Waals surface area (Å²) < 4.78 is 0. The average Bonchev–Trinajstić information content (AvgIpc) is 2.79. The van der Waals surface area contributed by atoms with Crippen molar-refractivity contribution in [3.05, 3.63) is 100 Å². The molecular formula is C26H24N2O2S. The molecule has 0 spiro atoms. The lowest BCUT2D eigenvalue weighted by molar-refractivity contribution is -0.122. The maximum absolute atomic E-state index is 13.2. The van der Waals surface area contributed by atoms with Crippen LogP contribution in [0.2, 0.25) is 0 Å². The first-order chi connectivity index (χ1) is 15.1. The van der Waals surface area contributed by atoms with E-state index < -0.39 is 0 Å². The fourth-order valence-corrected chi connectivity index (χ4v) is 4.48. The predicted octanol–water partition coefficient (Wildman–Crippen LogP) is 4.83. The smallest absolute Gasteiger partial charge is 0.265 e. The molecule has 0 aliphatic carbocycles. The van der Waals surface area contributed by atoms with Gasteiger partial charge in [-0.25, -0.2) is 0 Å². The molecule has 0 aromatic heterocycles. The van der Waals surface area contributed by atoms with Crippen molar-refractivity contribution in [1.29, 1.82) is 0 Å². The summed E-state index contributed by atoms with van der Waals surface area (Å²) >= 11 is 1.45. The second-order valence-electron chi connectivity index (χ2n) is 7.47. The molecule has 1 heterocycles. The topological polar surface area (TPSA) is 49.4 Å². The number of para-hydroxylation sites is 1. The standard InChI is InChI=1S/C26H24N2O2S/c1-19-11-13-21(14-12-19)17-24-26(30)28(22-9-5-6-10-23(22)31-24)18-25(29)27-16-15-20-7-3-2-4-8-20/h2-14,17H,15-16,18H2,1H3,(H,27,29). The second-order valence-corrected chi connectivity index (χ2v) is 8.55. The number of carbonyl (C=O) groups is 2. The van der Waals surface area contributed by atoms with Crippen molar-refractivity contribution in [2.45, 2.75) is 18.2 Å². The molecular weight excluding hydrogens is 404 g/mol. The van der Waals surface area contributed by atoms with Crippen LogP contribution in [0.5, 0.6) is 0 Å². The fourth-order valence-electron chi connectivity index (χ4n) is 3.42. The van der Waals surface area contributed by atoms with Gasteiger partial charge >= 0.3 is 0 Å². The number of nitrogens with one attached hydrogen (secondary N) is 1. The zero-order valence-electron chi connectivity index (χ0n) is 17.4. The van der Waals surface area contributed by atoms with E-state index in [4.69, 9.17) is 0 Å². The Kier molecular flexibility index (Phi) is 6.53. The maximum atomic E-state index is 13.2. The minimum atomic E-state index is -0.166. The second kappa shape index (κ2) is 9.67. The van der Waals surface area contributed by atoms with Gasteiger partial charge in [0.15, 0.2) is 0 Å². The molecule has 31 heavy (non-hydrogen) atoms. The molecule has 1 aliphatic rings. The molecule has 0 radical (unpaired) electrons. The zero-order chi connectivity index (χ0) is 21.6. The highest BCUT2D eigenvalue weighted by Crippen LogP contribution is 2.41. The molecule has 0 unspecified atom stereocenters. The van der Waals surface area contributed by atoms with Gasteiger partial charge in [0.05, 0.1) is 10.6 Å². The number of hydrogen-bond acceptors (Lipinski definition) is 3. The summed E-state index contributed by atoms with van der Waals surface area (Å²) in [6.07, 6.45) is 2.65. The van der Waals surface area contributed by atoms with Crippen LogP contribution in [0.3, 0.4) is 0 Å². The Labute approximate surface area is 187 Å². The van der Waals surface area contributed by atoms with Gasteiger partial charge in [-0.1, -0.05) is 84.1 Å². The summed E-state index contributed by atoms with van der Waals surface area (Å²) in [5, 5.41) is 2.94. The Hall–Kier alpha value is -3.31. The Morgan fingerprint density at radius 3 is 2.45 bits per heavy atom. The third-order valence-corrected chi connectivity index (χ3v) is 6.16. The molecule has 5 heteroatoms.